The molecule has 1 aliphatic heterocycles. The lowest BCUT2D eigenvalue weighted by Gasteiger charge is -2.14. The van der Waals surface area contributed by atoms with Crippen LogP contribution in [0.3, 0.4) is 0 Å². The summed E-state index contributed by atoms with van der Waals surface area (Å²) in [5, 5.41) is 3.13. The minimum Gasteiger partial charge on any atom is -0.490 e. The van der Waals surface area contributed by atoms with Gasteiger partial charge in [0.1, 0.15) is 0 Å². The summed E-state index contributed by atoms with van der Waals surface area (Å²) in [4.78, 5) is 0. The van der Waals surface area contributed by atoms with Gasteiger partial charge in [0.25, 0.3) is 0 Å². The first-order valence-corrected chi connectivity index (χ1v) is 6.61. The molecule has 0 radical (unpaired) electrons. The largest absolute Gasteiger partial charge is 0.490 e. The zero-order valence-corrected chi connectivity index (χ0v) is 10.9. The molecule has 1 aliphatic rings. The van der Waals surface area contributed by atoms with Crippen LogP contribution in [0.5, 0.6) is 11.5 Å². The molecule has 1 aromatic rings. The summed E-state index contributed by atoms with van der Waals surface area (Å²) in [6.07, 6.45) is 2.98. The number of ether oxygens (including phenoxy) is 2. The predicted molar refractivity (Wildman–Crippen MR) is 72.1 cm³/mol. The van der Waals surface area contributed by atoms with Crippen LogP contribution in [0.4, 0.5) is 0 Å². The molecule has 1 heterocycles. The van der Waals surface area contributed by atoms with Crippen LogP contribution in [0.25, 0.3) is 0 Å². The topological polar surface area (TPSA) is 56.5 Å². The normalized spacial score (nSPS) is 16.1. The summed E-state index contributed by atoms with van der Waals surface area (Å²) in [5.41, 5.74) is 7.30. The van der Waals surface area contributed by atoms with Gasteiger partial charge in [-0.15, -0.1) is 0 Å². The number of rotatable bonds is 5. The number of fused-ring (bicyclic) bond motifs is 1. The lowest BCUT2D eigenvalue weighted by Crippen LogP contribution is -2.14. The first-order valence-electron chi connectivity index (χ1n) is 6.61. The van der Waals surface area contributed by atoms with E-state index in [1.807, 2.05) is 25.2 Å². The van der Waals surface area contributed by atoms with E-state index in [1.165, 1.54) is 0 Å². The van der Waals surface area contributed by atoms with E-state index >= 15 is 0 Å². The van der Waals surface area contributed by atoms with Crippen LogP contribution in [-0.2, 0) is 0 Å². The van der Waals surface area contributed by atoms with Gasteiger partial charge in [-0.2, -0.15) is 0 Å². The van der Waals surface area contributed by atoms with Gasteiger partial charge in [0.15, 0.2) is 11.5 Å². The molecular weight excluding hydrogens is 228 g/mol. The fraction of sp³-hybridized carbons (Fsp3) is 0.571. The zero-order valence-electron chi connectivity index (χ0n) is 10.9. The van der Waals surface area contributed by atoms with Crippen molar-refractivity contribution < 1.29 is 9.47 Å². The first-order chi connectivity index (χ1) is 8.81. The number of nitrogens with one attached hydrogen (secondary N) is 1. The average Bonchev–Trinajstić information content (AvgIpc) is 2.63. The fourth-order valence-corrected chi connectivity index (χ4v) is 2.08. The van der Waals surface area contributed by atoms with Crippen LogP contribution >= 0.6 is 0 Å². The quantitative estimate of drug-likeness (QED) is 0.783. The summed E-state index contributed by atoms with van der Waals surface area (Å²) < 4.78 is 11.3. The van der Waals surface area contributed by atoms with Gasteiger partial charge in [0.05, 0.1) is 13.2 Å². The van der Waals surface area contributed by atoms with Crippen molar-refractivity contribution in [2.45, 2.75) is 25.3 Å². The smallest absolute Gasteiger partial charge is 0.161 e. The van der Waals surface area contributed by atoms with E-state index in [9.17, 15) is 0 Å². The summed E-state index contributed by atoms with van der Waals surface area (Å²) in [6, 6.07) is 6.09. The van der Waals surface area contributed by atoms with Crippen LogP contribution < -0.4 is 20.5 Å². The standard InChI is InChI=1S/C14H22N2O2/c1-16-7-2-4-12(15)11-5-6-13-14(10-11)18-9-3-8-17-13/h5-6,10,12,16H,2-4,7-9,15H2,1H3. The third-order valence-electron chi connectivity index (χ3n) is 3.14. The Morgan fingerprint density at radius 1 is 1.28 bits per heavy atom. The van der Waals surface area contributed by atoms with Crippen molar-refractivity contribution in [3.8, 4) is 11.5 Å². The van der Waals surface area contributed by atoms with E-state index in [4.69, 9.17) is 15.2 Å². The van der Waals surface area contributed by atoms with Crippen molar-refractivity contribution in [2.24, 2.45) is 5.73 Å². The molecule has 0 fully saturated rings. The molecule has 0 saturated carbocycles. The molecule has 0 bridgehead atoms. The van der Waals surface area contributed by atoms with Gasteiger partial charge in [0.2, 0.25) is 0 Å². The van der Waals surface area contributed by atoms with Gasteiger partial charge in [-0.1, -0.05) is 6.07 Å². The first kappa shape index (κ1) is 13.2. The average molecular weight is 250 g/mol. The van der Waals surface area contributed by atoms with E-state index in [-0.39, 0.29) is 6.04 Å². The minimum absolute atomic E-state index is 0.0653. The molecule has 100 valence electrons. The second-order valence-corrected chi connectivity index (χ2v) is 4.61. The maximum absolute atomic E-state index is 6.18. The molecule has 1 atom stereocenters. The van der Waals surface area contributed by atoms with Crippen LogP contribution in [0.2, 0.25) is 0 Å². The van der Waals surface area contributed by atoms with Crippen molar-refractivity contribution in [2.75, 3.05) is 26.8 Å². The lowest BCUT2D eigenvalue weighted by molar-refractivity contribution is 0.297. The van der Waals surface area contributed by atoms with E-state index in [2.05, 4.69) is 5.32 Å². The highest BCUT2D eigenvalue weighted by Crippen LogP contribution is 2.32. The zero-order chi connectivity index (χ0) is 12.8. The Balaban J connectivity index is 2.02. The summed E-state index contributed by atoms with van der Waals surface area (Å²) in [5.74, 6) is 1.66. The van der Waals surface area contributed by atoms with Crippen molar-refractivity contribution in [3.63, 3.8) is 0 Å². The number of nitrogens with two attached hydrogens (primary N) is 1. The molecule has 4 heteroatoms. The molecule has 2 rings (SSSR count). The maximum atomic E-state index is 6.18. The molecule has 0 aromatic heterocycles. The SMILES string of the molecule is CNCCCC(N)c1ccc2c(c1)OCCCO2. The van der Waals surface area contributed by atoms with Crippen molar-refractivity contribution in [1.29, 1.82) is 0 Å². The summed E-state index contributed by atoms with van der Waals surface area (Å²) in [7, 11) is 1.96. The fourth-order valence-electron chi connectivity index (χ4n) is 2.08. The predicted octanol–water partition coefficient (Wildman–Crippen LogP) is 1.85. The molecule has 3 N–H and O–H groups in total. The monoisotopic (exact) mass is 250 g/mol. The molecule has 18 heavy (non-hydrogen) atoms. The Hall–Kier alpha value is -1.26. The molecule has 4 nitrogen and oxygen atoms in total. The molecule has 1 unspecified atom stereocenters. The lowest BCUT2D eigenvalue weighted by atomic mass is 10.0. The minimum atomic E-state index is 0.0653. The second-order valence-electron chi connectivity index (χ2n) is 4.61. The summed E-state index contributed by atoms with van der Waals surface area (Å²) in [6.45, 7) is 2.43. The highest BCUT2D eigenvalue weighted by atomic mass is 16.5. The molecule has 0 saturated heterocycles. The van der Waals surface area contributed by atoms with E-state index in [1.54, 1.807) is 0 Å². The highest BCUT2D eigenvalue weighted by Gasteiger charge is 2.13. The molecular formula is C14H22N2O2. The Kier molecular flexibility index (Phi) is 4.84. The van der Waals surface area contributed by atoms with Crippen molar-refractivity contribution >= 4 is 0 Å². The van der Waals surface area contributed by atoms with Crippen LogP contribution in [0.15, 0.2) is 18.2 Å². The van der Waals surface area contributed by atoms with Crippen LogP contribution in [-0.4, -0.2) is 26.8 Å². The Morgan fingerprint density at radius 3 is 2.83 bits per heavy atom. The van der Waals surface area contributed by atoms with Gasteiger partial charge in [-0.3, -0.25) is 0 Å². The Labute approximate surface area is 108 Å². The summed E-state index contributed by atoms with van der Waals surface area (Å²) >= 11 is 0. The Bertz CT molecular complexity index is 382. The molecule has 1 aromatic carbocycles. The molecule has 0 amide bonds. The molecule has 0 spiro atoms. The number of hydrogen-bond donors (Lipinski definition) is 2. The van der Waals surface area contributed by atoms with Crippen LogP contribution in [0, 0.1) is 0 Å². The van der Waals surface area contributed by atoms with Crippen molar-refractivity contribution in [1.82, 2.24) is 5.32 Å². The van der Waals surface area contributed by atoms with Crippen molar-refractivity contribution in [3.05, 3.63) is 23.8 Å². The van der Waals surface area contributed by atoms with Crippen LogP contribution in [0.1, 0.15) is 30.9 Å². The second kappa shape index (κ2) is 6.61. The Morgan fingerprint density at radius 2 is 2.06 bits per heavy atom. The van der Waals surface area contributed by atoms with E-state index in [0.29, 0.717) is 6.61 Å². The number of benzene rings is 1. The maximum Gasteiger partial charge on any atom is 0.161 e. The third-order valence-corrected chi connectivity index (χ3v) is 3.14. The van der Waals surface area contributed by atoms with Gasteiger partial charge >= 0.3 is 0 Å². The van der Waals surface area contributed by atoms with E-state index < -0.39 is 0 Å². The third kappa shape index (κ3) is 3.37. The highest BCUT2D eigenvalue weighted by molar-refractivity contribution is 5.44. The molecule has 0 aliphatic carbocycles. The van der Waals surface area contributed by atoms with Gasteiger partial charge < -0.3 is 20.5 Å². The number of hydrogen-bond acceptors (Lipinski definition) is 4. The van der Waals surface area contributed by atoms with Gasteiger partial charge in [0, 0.05) is 12.5 Å². The van der Waals surface area contributed by atoms with Gasteiger partial charge in [-0.05, 0) is 44.1 Å². The van der Waals surface area contributed by atoms with Gasteiger partial charge in [-0.25, -0.2) is 0 Å². The van der Waals surface area contributed by atoms with E-state index in [0.717, 1.165) is 49.5 Å².